The largest absolute Gasteiger partial charge is 0.293 e. The number of likely N-dealkylation sites (N-methyl/N-ethyl adjacent to an activating group) is 1. The van der Waals surface area contributed by atoms with Gasteiger partial charge in [0.05, 0.1) is 10.6 Å². The number of hydrogen-bond donors (Lipinski definition) is 0. The molecular weight excluding hydrogens is 224 g/mol. The minimum absolute atomic E-state index is 0.213. The summed E-state index contributed by atoms with van der Waals surface area (Å²) < 4.78 is 0. The van der Waals surface area contributed by atoms with Gasteiger partial charge in [0.25, 0.3) is 11.1 Å². The van der Waals surface area contributed by atoms with Crippen molar-refractivity contribution in [3.05, 3.63) is 35.0 Å². The summed E-state index contributed by atoms with van der Waals surface area (Å²) >= 11 is 0.960. The van der Waals surface area contributed by atoms with E-state index in [0.717, 1.165) is 11.8 Å². The molecule has 0 aromatic carbocycles. The lowest BCUT2D eigenvalue weighted by Crippen LogP contribution is -2.27. The van der Waals surface area contributed by atoms with Crippen LogP contribution in [0.15, 0.2) is 29.3 Å². The van der Waals surface area contributed by atoms with E-state index < -0.39 is 0 Å². The average Bonchev–Trinajstić information content (AvgIpc) is 2.55. The van der Waals surface area contributed by atoms with Crippen molar-refractivity contribution in [1.29, 1.82) is 0 Å². The van der Waals surface area contributed by atoms with E-state index >= 15 is 0 Å². The molecule has 82 valence electrons. The van der Waals surface area contributed by atoms with Gasteiger partial charge in [0.2, 0.25) is 0 Å². The Hall–Kier alpha value is -1.62. The Bertz CT molecular complexity index is 456. The van der Waals surface area contributed by atoms with Crippen molar-refractivity contribution in [2.75, 3.05) is 6.54 Å². The standard InChI is InChI=1S/C11H10N2O2S/c1-2-13-10(14)9(16-11(13)15)7-8-5-3-4-6-12-8/h3-7H,2H2,1H3/b9-7-. The molecule has 1 aliphatic rings. The predicted octanol–water partition coefficient (Wildman–Crippen LogP) is 2.14. The molecule has 0 N–H and O–H groups in total. The van der Waals surface area contributed by atoms with Gasteiger partial charge in [0, 0.05) is 12.7 Å². The maximum atomic E-state index is 11.7. The van der Waals surface area contributed by atoms with Crippen molar-refractivity contribution in [3.8, 4) is 0 Å². The number of thioether (sulfide) groups is 1. The van der Waals surface area contributed by atoms with Crippen LogP contribution in [0.1, 0.15) is 12.6 Å². The molecule has 2 heterocycles. The Labute approximate surface area is 97.4 Å². The van der Waals surface area contributed by atoms with E-state index in [2.05, 4.69) is 4.98 Å². The number of pyridine rings is 1. The van der Waals surface area contributed by atoms with Gasteiger partial charge in [-0.05, 0) is 36.9 Å². The molecule has 4 nitrogen and oxygen atoms in total. The number of nitrogens with zero attached hydrogens (tertiary/aromatic N) is 2. The van der Waals surface area contributed by atoms with E-state index in [1.807, 2.05) is 6.07 Å². The fourth-order valence-corrected chi connectivity index (χ4v) is 2.26. The number of carbonyl (C=O) groups is 2. The highest BCUT2D eigenvalue weighted by Crippen LogP contribution is 2.31. The highest BCUT2D eigenvalue weighted by Gasteiger charge is 2.33. The smallest absolute Gasteiger partial charge is 0.269 e. The van der Waals surface area contributed by atoms with E-state index in [1.165, 1.54) is 4.90 Å². The molecular formula is C11H10N2O2S. The molecule has 1 fully saturated rings. The van der Waals surface area contributed by atoms with Crippen molar-refractivity contribution >= 4 is 29.0 Å². The van der Waals surface area contributed by atoms with Gasteiger partial charge in [-0.1, -0.05) is 6.07 Å². The summed E-state index contributed by atoms with van der Waals surface area (Å²) in [7, 11) is 0. The SMILES string of the molecule is CCN1C(=O)S/C(=C\c2ccccn2)C1=O. The second-order valence-corrected chi connectivity index (χ2v) is 4.17. The van der Waals surface area contributed by atoms with Crippen LogP contribution in [0.2, 0.25) is 0 Å². The van der Waals surface area contributed by atoms with Crippen LogP contribution in [-0.2, 0) is 4.79 Å². The lowest BCUT2D eigenvalue weighted by molar-refractivity contribution is -0.122. The number of hydrogen-bond acceptors (Lipinski definition) is 4. The second-order valence-electron chi connectivity index (χ2n) is 3.18. The van der Waals surface area contributed by atoms with Gasteiger partial charge in [-0.2, -0.15) is 0 Å². The molecule has 16 heavy (non-hydrogen) atoms. The number of imide groups is 1. The molecule has 0 atom stereocenters. The third-order valence-corrected chi connectivity index (χ3v) is 3.06. The molecule has 1 aromatic rings. The Morgan fingerprint density at radius 2 is 2.25 bits per heavy atom. The Morgan fingerprint density at radius 3 is 2.81 bits per heavy atom. The minimum Gasteiger partial charge on any atom is -0.269 e. The Kier molecular flexibility index (Phi) is 3.05. The maximum absolute atomic E-state index is 11.7. The van der Waals surface area contributed by atoms with Crippen molar-refractivity contribution in [2.24, 2.45) is 0 Å². The quantitative estimate of drug-likeness (QED) is 0.736. The van der Waals surface area contributed by atoms with Crippen molar-refractivity contribution < 1.29 is 9.59 Å². The maximum Gasteiger partial charge on any atom is 0.293 e. The molecule has 2 rings (SSSR count). The van der Waals surface area contributed by atoms with E-state index in [1.54, 1.807) is 31.3 Å². The number of amides is 2. The van der Waals surface area contributed by atoms with E-state index in [9.17, 15) is 9.59 Å². The Balaban J connectivity index is 2.27. The zero-order valence-corrected chi connectivity index (χ0v) is 9.53. The van der Waals surface area contributed by atoms with Crippen LogP contribution in [0.3, 0.4) is 0 Å². The zero-order valence-electron chi connectivity index (χ0n) is 8.71. The number of carbonyl (C=O) groups excluding carboxylic acids is 2. The van der Waals surface area contributed by atoms with Gasteiger partial charge in [-0.15, -0.1) is 0 Å². The summed E-state index contributed by atoms with van der Waals surface area (Å²) in [5.74, 6) is -0.233. The monoisotopic (exact) mass is 234 g/mol. The first-order valence-corrected chi connectivity index (χ1v) is 5.70. The topological polar surface area (TPSA) is 50.3 Å². The average molecular weight is 234 g/mol. The Morgan fingerprint density at radius 1 is 1.44 bits per heavy atom. The predicted molar refractivity (Wildman–Crippen MR) is 62.6 cm³/mol. The first-order chi connectivity index (χ1) is 7.72. The van der Waals surface area contributed by atoms with Crippen molar-refractivity contribution in [2.45, 2.75) is 6.92 Å². The molecule has 2 amide bonds. The molecule has 0 bridgehead atoms. The van der Waals surface area contributed by atoms with Crippen molar-refractivity contribution in [1.82, 2.24) is 9.88 Å². The zero-order chi connectivity index (χ0) is 11.5. The molecule has 0 saturated carbocycles. The molecule has 0 spiro atoms. The summed E-state index contributed by atoms with van der Waals surface area (Å²) in [4.78, 5) is 28.9. The summed E-state index contributed by atoms with van der Waals surface area (Å²) in [5, 5.41) is -0.213. The van der Waals surface area contributed by atoms with E-state index in [-0.39, 0.29) is 11.1 Å². The van der Waals surface area contributed by atoms with E-state index in [0.29, 0.717) is 17.1 Å². The molecule has 0 aliphatic carbocycles. The van der Waals surface area contributed by atoms with Crippen LogP contribution >= 0.6 is 11.8 Å². The summed E-state index contributed by atoms with van der Waals surface area (Å²) in [6, 6.07) is 5.43. The summed E-state index contributed by atoms with van der Waals surface area (Å²) in [5.41, 5.74) is 0.684. The molecule has 1 aromatic heterocycles. The first kappa shape index (κ1) is 10.9. The summed E-state index contributed by atoms with van der Waals surface area (Å²) in [6.07, 6.45) is 3.29. The third kappa shape index (κ3) is 1.99. The lowest BCUT2D eigenvalue weighted by atomic mass is 10.3. The van der Waals surface area contributed by atoms with Gasteiger partial charge in [-0.25, -0.2) is 0 Å². The van der Waals surface area contributed by atoms with Crippen LogP contribution in [0.25, 0.3) is 6.08 Å². The lowest BCUT2D eigenvalue weighted by Gasteiger charge is -2.06. The van der Waals surface area contributed by atoms with Gasteiger partial charge < -0.3 is 0 Å². The number of rotatable bonds is 2. The fourth-order valence-electron chi connectivity index (χ4n) is 1.37. The van der Waals surface area contributed by atoms with Crippen LogP contribution < -0.4 is 0 Å². The van der Waals surface area contributed by atoms with Crippen LogP contribution in [0, 0.1) is 0 Å². The molecule has 1 aliphatic heterocycles. The highest BCUT2D eigenvalue weighted by molar-refractivity contribution is 8.18. The van der Waals surface area contributed by atoms with Gasteiger partial charge in [0.1, 0.15) is 0 Å². The normalized spacial score (nSPS) is 18.6. The minimum atomic E-state index is -0.233. The number of aromatic nitrogens is 1. The fraction of sp³-hybridized carbons (Fsp3) is 0.182. The van der Waals surface area contributed by atoms with Crippen LogP contribution in [-0.4, -0.2) is 27.6 Å². The van der Waals surface area contributed by atoms with E-state index in [4.69, 9.17) is 0 Å². The highest BCUT2D eigenvalue weighted by atomic mass is 32.2. The van der Waals surface area contributed by atoms with Crippen molar-refractivity contribution in [3.63, 3.8) is 0 Å². The van der Waals surface area contributed by atoms with Crippen LogP contribution in [0.4, 0.5) is 4.79 Å². The molecule has 1 saturated heterocycles. The summed E-state index contributed by atoms with van der Waals surface area (Å²) in [6.45, 7) is 2.18. The molecule has 0 radical (unpaired) electrons. The van der Waals surface area contributed by atoms with Gasteiger partial charge in [0.15, 0.2) is 0 Å². The van der Waals surface area contributed by atoms with Crippen LogP contribution in [0.5, 0.6) is 0 Å². The first-order valence-electron chi connectivity index (χ1n) is 4.88. The molecule has 5 heteroatoms. The molecule has 0 unspecified atom stereocenters. The van der Waals surface area contributed by atoms with Gasteiger partial charge in [-0.3, -0.25) is 19.5 Å². The third-order valence-electron chi connectivity index (χ3n) is 2.16. The second kappa shape index (κ2) is 4.49. The van der Waals surface area contributed by atoms with Gasteiger partial charge >= 0.3 is 0 Å².